The van der Waals surface area contributed by atoms with Crippen molar-refractivity contribution in [1.82, 2.24) is 20.1 Å². The van der Waals surface area contributed by atoms with Gasteiger partial charge in [0.1, 0.15) is 11.6 Å². The molecule has 1 aliphatic carbocycles. The molecule has 4 nitrogen and oxygen atoms in total. The lowest BCUT2D eigenvalue weighted by Crippen LogP contribution is -2.37. The van der Waals surface area contributed by atoms with Crippen LogP contribution in [0.4, 0.5) is 0 Å². The molecule has 0 amide bonds. The van der Waals surface area contributed by atoms with Crippen molar-refractivity contribution in [3.8, 4) is 0 Å². The van der Waals surface area contributed by atoms with Gasteiger partial charge in [-0.2, -0.15) is 0 Å². The summed E-state index contributed by atoms with van der Waals surface area (Å²) in [5.41, 5.74) is 0. The van der Waals surface area contributed by atoms with E-state index in [2.05, 4.69) is 27.0 Å². The molecule has 0 saturated heterocycles. The summed E-state index contributed by atoms with van der Waals surface area (Å²) in [6, 6.07) is 0.659. The van der Waals surface area contributed by atoms with Crippen LogP contribution in [-0.2, 0) is 19.5 Å². The average Bonchev–Trinajstić information content (AvgIpc) is 2.92. The molecule has 1 aromatic heterocycles. The van der Waals surface area contributed by atoms with Gasteiger partial charge in [0, 0.05) is 19.0 Å². The molecule has 0 bridgehead atoms. The molecular formula is C16H28N4. The molecule has 112 valence electrons. The lowest BCUT2D eigenvalue weighted by atomic mass is 9.83. The smallest absolute Gasteiger partial charge is 0.147 e. The van der Waals surface area contributed by atoms with E-state index in [1.807, 2.05) is 0 Å². The maximum absolute atomic E-state index is 4.40. The molecule has 20 heavy (non-hydrogen) atoms. The van der Waals surface area contributed by atoms with E-state index < -0.39 is 0 Å². The molecule has 1 atom stereocenters. The van der Waals surface area contributed by atoms with E-state index in [9.17, 15) is 0 Å². The van der Waals surface area contributed by atoms with Crippen LogP contribution in [0.25, 0.3) is 0 Å². The first kappa shape index (κ1) is 14.1. The van der Waals surface area contributed by atoms with E-state index >= 15 is 0 Å². The van der Waals surface area contributed by atoms with Crippen molar-refractivity contribution in [2.75, 3.05) is 0 Å². The van der Waals surface area contributed by atoms with Crippen LogP contribution >= 0.6 is 0 Å². The van der Waals surface area contributed by atoms with Crippen molar-refractivity contribution >= 4 is 0 Å². The van der Waals surface area contributed by atoms with Crippen LogP contribution in [0.15, 0.2) is 0 Å². The summed E-state index contributed by atoms with van der Waals surface area (Å²) in [5, 5.41) is 12.5. The zero-order valence-corrected chi connectivity index (χ0v) is 12.8. The maximum Gasteiger partial charge on any atom is 0.147 e. The van der Waals surface area contributed by atoms with Gasteiger partial charge in [0.05, 0.1) is 6.54 Å². The fourth-order valence-electron chi connectivity index (χ4n) is 3.90. The van der Waals surface area contributed by atoms with Crippen molar-refractivity contribution in [2.45, 2.75) is 83.8 Å². The molecule has 1 saturated carbocycles. The second-order valence-corrected chi connectivity index (χ2v) is 6.43. The van der Waals surface area contributed by atoms with Gasteiger partial charge in [-0.15, -0.1) is 10.2 Å². The van der Waals surface area contributed by atoms with Crippen molar-refractivity contribution in [2.24, 2.45) is 5.92 Å². The Balaban J connectivity index is 1.58. The van der Waals surface area contributed by atoms with Crippen molar-refractivity contribution < 1.29 is 0 Å². The highest BCUT2D eigenvalue weighted by Crippen LogP contribution is 2.28. The molecule has 0 aromatic carbocycles. The van der Waals surface area contributed by atoms with Crippen molar-refractivity contribution in [3.63, 3.8) is 0 Å². The summed E-state index contributed by atoms with van der Waals surface area (Å²) < 4.78 is 2.34. The Bertz CT molecular complexity index is 420. The molecule has 1 aliphatic heterocycles. The van der Waals surface area contributed by atoms with Gasteiger partial charge in [0.2, 0.25) is 0 Å². The summed E-state index contributed by atoms with van der Waals surface area (Å²) in [7, 11) is 0. The minimum absolute atomic E-state index is 0.659. The summed E-state index contributed by atoms with van der Waals surface area (Å²) in [4.78, 5) is 0. The summed E-state index contributed by atoms with van der Waals surface area (Å²) >= 11 is 0. The van der Waals surface area contributed by atoms with E-state index in [0.717, 1.165) is 31.3 Å². The predicted octanol–water partition coefficient (Wildman–Crippen LogP) is 3.06. The van der Waals surface area contributed by atoms with E-state index in [-0.39, 0.29) is 0 Å². The normalized spacial score (nSPS) is 21.6. The Hall–Kier alpha value is -0.900. The molecule has 1 fully saturated rings. The molecule has 0 radical (unpaired) electrons. The van der Waals surface area contributed by atoms with E-state index in [0.29, 0.717) is 6.04 Å². The van der Waals surface area contributed by atoms with Gasteiger partial charge in [-0.05, 0) is 38.0 Å². The van der Waals surface area contributed by atoms with Gasteiger partial charge in [0.15, 0.2) is 0 Å². The monoisotopic (exact) mass is 276 g/mol. The summed E-state index contributed by atoms with van der Waals surface area (Å²) in [5.74, 6) is 3.21. The Labute approximate surface area is 122 Å². The third-order valence-electron chi connectivity index (χ3n) is 5.12. The Morgan fingerprint density at radius 2 is 2.00 bits per heavy atom. The standard InChI is InChI=1S/C16H28N4/c1-2-14(13-8-4-3-5-9-13)17-12-16-19-18-15-10-6-7-11-20(15)16/h13-14,17H,2-12H2,1H3. The quantitative estimate of drug-likeness (QED) is 0.899. The highest BCUT2D eigenvalue weighted by molar-refractivity contribution is 4.99. The summed E-state index contributed by atoms with van der Waals surface area (Å²) in [6.07, 6.45) is 12.0. The van der Waals surface area contributed by atoms with Crippen LogP contribution in [0.2, 0.25) is 0 Å². The zero-order chi connectivity index (χ0) is 13.8. The molecule has 1 unspecified atom stereocenters. The first-order valence-electron chi connectivity index (χ1n) is 8.53. The van der Waals surface area contributed by atoms with Gasteiger partial charge < -0.3 is 9.88 Å². The average molecular weight is 276 g/mol. The molecule has 3 rings (SSSR count). The zero-order valence-electron chi connectivity index (χ0n) is 12.8. The number of nitrogens with zero attached hydrogens (tertiary/aromatic N) is 3. The van der Waals surface area contributed by atoms with E-state index in [4.69, 9.17) is 0 Å². The predicted molar refractivity (Wildman–Crippen MR) is 80.5 cm³/mol. The SMILES string of the molecule is CCC(NCc1nnc2n1CCCC2)C1CCCCC1. The Morgan fingerprint density at radius 3 is 2.80 bits per heavy atom. The van der Waals surface area contributed by atoms with Gasteiger partial charge >= 0.3 is 0 Å². The van der Waals surface area contributed by atoms with E-state index in [1.54, 1.807) is 0 Å². The molecule has 1 N–H and O–H groups in total. The van der Waals surface area contributed by atoms with Crippen LogP contribution < -0.4 is 5.32 Å². The lowest BCUT2D eigenvalue weighted by molar-refractivity contribution is 0.259. The van der Waals surface area contributed by atoms with Crippen LogP contribution in [0.1, 0.15) is 69.9 Å². The first-order chi connectivity index (χ1) is 9.88. The van der Waals surface area contributed by atoms with Gasteiger partial charge in [-0.3, -0.25) is 0 Å². The maximum atomic E-state index is 4.40. The number of aryl methyl sites for hydroxylation is 1. The molecule has 4 heteroatoms. The molecule has 2 heterocycles. The minimum atomic E-state index is 0.659. The van der Waals surface area contributed by atoms with Crippen molar-refractivity contribution in [1.29, 1.82) is 0 Å². The van der Waals surface area contributed by atoms with Gasteiger partial charge in [0.25, 0.3) is 0 Å². The highest BCUT2D eigenvalue weighted by Gasteiger charge is 2.23. The second-order valence-electron chi connectivity index (χ2n) is 6.43. The third kappa shape index (κ3) is 3.05. The summed E-state index contributed by atoms with van der Waals surface area (Å²) in [6.45, 7) is 4.31. The first-order valence-corrected chi connectivity index (χ1v) is 8.53. The molecular weight excluding hydrogens is 248 g/mol. The topological polar surface area (TPSA) is 42.7 Å². The molecule has 2 aliphatic rings. The number of fused-ring (bicyclic) bond motifs is 1. The van der Waals surface area contributed by atoms with Crippen LogP contribution in [-0.4, -0.2) is 20.8 Å². The van der Waals surface area contributed by atoms with Crippen LogP contribution in [0.3, 0.4) is 0 Å². The van der Waals surface area contributed by atoms with Gasteiger partial charge in [-0.1, -0.05) is 26.2 Å². The third-order valence-corrected chi connectivity index (χ3v) is 5.12. The molecule has 0 spiro atoms. The molecule has 1 aromatic rings. The number of nitrogens with one attached hydrogen (secondary N) is 1. The van der Waals surface area contributed by atoms with Crippen LogP contribution in [0.5, 0.6) is 0 Å². The fourth-order valence-corrected chi connectivity index (χ4v) is 3.90. The van der Waals surface area contributed by atoms with Crippen LogP contribution in [0, 0.1) is 5.92 Å². The fraction of sp³-hybridized carbons (Fsp3) is 0.875. The van der Waals surface area contributed by atoms with Gasteiger partial charge in [-0.25, -0.2) is 0 Å². The van der Waals surface area contributed by atoms with E-state index in [1.165, 1.54) is 57.2 Å². The number of hydrogen-bond donors (Lipinski definition) is 1. The highest BCUT2D eigenvalue weighted by atomic mass is 15.3. The Morgan fingerprint density at radius 1 is 1.15 bits per heavy atom. The van der Waals surface area contributed by atoms with Crippen molar-refractivity contribution in [3.05, 3.63) is 11.6 Å². The second kappa shape index (κ2) is 6.70. The Kier molecular flexibility index (Phi) is 4.71. The number of rotatable bonds is 5. The largest absolute Gasteiger partial charge is 0.314 e. The minimum Gasteiger partial charge on any atom is -0.314 e. The lowest BCUT2D eigenvalue weighted by Gasteiger charge is -2.30. The number of aromatic nitrogens is 3. The number of hydrogen-bond acceptors (Lipinski definition) is 3.